The normalized spacial score (nSPS) is 14.5. The zero-order valence-electron chi connectivity index (χ0n) is 18.6. The lowest BCUT2D eigenvalue weighted by Crippen LogP contribution is -2.54. The molecule has 0 saturated carbocycles. The zero-order chi connectivity index (χ0) is 26.7. The molecule has 1 saturated heterocycles. The molecule has 0 spiro atoms. The third-order valence-electron chi connectivity index (χ3n) is 5.02. The van der Waals surface area contributed by atoms with Gasteiger partial charge in [0.1, 0.15) is 11.3 Å². The Kier molecular flexibility index (Phi) is 8.19. The molecule has 8 nitrogen and oxygen atoms in total. The van der Waals surface area contributed by atoms with E-state index in [1.807, 2.05) is 0 Å². The summed E-state index contributed by atoms with van der Waals surface area (Å²) in [7, 11) is 0. The third kappa shape index (κ3) is 6.31. The molecule has 0 aliphatic carbocycles. The number of imide groups is 2. The van der Waals surface area contributed by atoms with Crippen LogP contribution in [0.5, 0.6) is 5.75 Å². The van der Waals surface area contributed by atoms with E-state index in [9.17, 15) is 19.2 Å². The van der Waals surface area contributed by atoms with Gasteiger partial charge >= 0.3 is 6.03 Å². The van der Waals surface area contributed by atoms with E-state index < -0.39 is 23.8 Å². The highest BCUT2D eigenvalue weighted by Crippen LogP contribution is 2.29. The van der Waals surface area contributed by atoms with Crippen molar-refractivity contribution in [1.29, 1.82) is 0 Å². The van der Waals surface area contributed by atoms with Crippen molar-refractivity contribution in [2.75, 3.05) is 16.8 Å². The Morgan fingerprint density at radius 3 is 2.38 bits per heavy atom. The number of benzene rings is 3. The van der Waals surface area contributed by atoms with E-state index in [-0.39, 0.29) is 17.9 Å². The average Bonchev–Trinajstić information content (AvgIpc) is 2.84. The van der Waals surface area contributed by atoms with Gasteiger partial charge in [0.2, 0.25) is 0 Å². The van der Waals surface area contributed by atoms with Gasteiger partial charge in [0, 0.05) is 10.7 Å². The van der Waals surface area contributed by atoms with Gasteiger partial charge in [-0.05, 0) is 82.2 Å². The van der Waals surface area contributed by atoms with Crippen LogP contribution in [-0.2, 0) is 14.4 Å². The molecule has 12 heteroatoms. The quantitative estimate of drug-likeness (QED) is 0.255. The predicted octanol–water partition coefficient (Wildman–Crippen LogP) is 6.09. The van der Waals surface area contributed by atoms with Crippen molar-refractivity contribution < 1.29 is 23.9 Å². The fraction of sp³-hybridized carbons (Fsp3) is 0.0400. The molecule has 0 atom stereocenters. The lowest BCUT2D eigenvalue weighted by atomic mass is 10.1. The summed E-state index contributed by atoms with van der Waals surface area (Å²) in [4.78, 5) is 50.8. The highest BCUT2D eigenvalue weighted by atomic mass is 79.9. The van der Waals surface area contributed by atoms with Gasteiger partial charge in [0.15, 0.2) is 6.61 Å². The second-order valence-corrected chi connectivity index (χ2v) is 9.70. The van der Waals surface area contributed by atoms with E-state index in [1.165, 1.54) is 36.4 Å². The molecule has 5 amide bonds. The Balaban J connectivity index is 1.46. The van der Waals surface area contributed by atoms with Gasteiger partial charge in [-0.25, -0.2) is 9.69 Å². The van der Waals surface area contributed by atoms with Crippen molar-refractivity contribution in [3.63, 3.8) is 0 Å². The SMILES string of the molecule is O=C(COc1ccc(/C=C2/C(=O)NC(=O)N(c3ccc(Cl)cc3)C2=O)cc1Br)Nc1ccc(Cl)c(Cl)c1. The Labute approximate surface area is 234 Å². The molecule has 1 aliphatic rings. The molecule has 1 heterocycles. The first-order valence-corrected chi connectivity index (χ1v) is 12.4. The van der Waals surface area contributed by atoms with Crippen molar-refractivity contribution in [1.82, 2.24) is 5.32 Å². The van der Waals surface area contributed by atoms with Gasteiger partial charge in [-0.3, -0.25) is 19.7 Å². The molecule has 0 bridgehead atoms. The lowest BCUT2D eigenvalue weighted by Gasteiger charge is -2.26. The molecular weight excluding hydrogens is 609 g/mol. The first kappa shape index (κ1) is 26.7. The summed E-state index contributed by atoms with van der Waals surface area (Å²) in [5.41, 5.74) is 0.958. The van der Waals surface area contributed by atoms with Gasteiger partial charge in [0.25, 0.3) is 17.7 Å². The van der Waals surface area contributed by atoms with Crippen molar-refractivity contribution in [3.05, 3.63) is 91.3 Å². The molecule has 2 N–H and O–H groups in total. The Morgan fingerprint density at radius 2 is 1.70 bits per heavy atom. The second kappa shape index (κ2) is 11.4. The van der Waals surface area contributed by atoms with Gasteiger partial charge in [-0.2, -0.15) is 0 Å². The number of hydrogen-bond acceptors (Lipinski definition) is 5. The van der Waals surface area contributed by atoms with E-state index in [0.717, 1.165) is 4.90 Å². The van der Waals surface area contributed by atoms with Crippen LogP contribution in [0.1, 0.15) is 5.56 Å². The van der Waals surface area contributed by atoms with Crippen molar-refractivity contribution in [2.45, 2.75) is 0 Å². The third-order valence-corrected chi connectivity index (χ3v) is 6.63. The predicted molar refractivity (Wildman–Crippen MR) is 145 cm³/mol. The number of barbiturate groups is 1. The van der Waals surface area contributed by atoms with Gasteiger partial charge < -0.3 is 10.1 Å². The number of carbonyl (C=O) groups excluding carboxylic acids is 4. The van der Waals surface area contributed by atoms with E-state index in [0.29, 0.717) is 36.5 Å². The van der Waals surface area contributed by atoms with Crippen LogP contribution in [0.3, 0.4) is 0 Å². The number of halogens is 4. The van der Waals surface area contributed by atoms with Crippen LogP contribution in [0, 0.1) is 0 Å². The first-order chi connectivity index (χ1) is 17.6. The minimum absolute atomic E-state index is 0.240. The van der Waals surface area contributed by atoms with Crippen LogP contribution in [0.4, 0.5) is 16.2 Å². The number of amides is 5. The van der Waals surface area contributed by atoms with E-state index in [1.54, 1.807) is 30.3 Å². The van der Waals surface area contributed by atoms with Gasteiger partial charge in [0.05, 0.1) is 20.2 Å². The van der Waals surface area contributed by atoms with Crippen molar-refractivity contribution in [3.8, 4) is 5.75 Å². The summed E-state index contributed by atoms with van der Waals surface area (Å²) in [6.07, 6.45) is 1.35. The molecule has 37 heavy (non-hydrogen) atoms. The average molecular weight is 624 g/mol. The standard InChI is InChI=1S/C25H15BrCl3N3O5/c26-18-10-13(1-8-21(18)37-12-22(33)30-15-4-7-19(28)20(29)11-15)9-17-23(34)31-25(36)32(24(17)35)16-5-2-14(27)3-6-16/h1-11H,12H2,(H,30,33)(H,31,34,36)/b17-9-. The monoisotopic (exact) mass is 621 g/mol. The van der Waals surface area contributed by atoms with Gasteiger partial charge in [-0.15, -0.1) is 0 Å². The highest BCUT2D eigenvalue weighted by molar-refractivity contribution is 9.10. The Morgan fingerprint density at radius 1 is 0.973 bits per heavy atom. The van der Waals surface area contributed by atoms with Crippen LogP contribution in [0.2, 0.25) is 15.1 Å². The maximum atomic E-state index is 13.0. The Hall–Kier alpha value is -3.37. The summed E-state index contributed by atoms with van der Waals surface area (Å²) in [5.74, 6) is -1.68. The first-order valence-electron chi connectivity index (χ1n) is 10.5. The smallest absolute Gasteiger partial charge is 0.335 e. The summed E-state index contributed by atoms with van der Waals surface area (Å²) in [6.45, 7) is -0.293. The fourth-order valence-corrected chi connectivity index (χ4v) is 4.22. The second-order valence-electron chi connectivity index (χ2n) is 7.59. The number of anilines is 2. The molecule has 0 aromatic heterocycles. The number of carbonyl (C=O) groups is 4. The molecule has 3 aromatic carbocycles. The molecule has 4 rings (SSSR count). The number of nitrogens with zero attached hydrogens (tertiary/aromatic N) is 1. The van der Waals surface area contributed by atoms with Crippen molar-refractivity contribution in [2.24, 2.45) is 0 Å². The van der Waals surface area contributed by atoms with Crippen LogP contribution in [-0.4, -0.2) is 30.4 Å². The zero-order valence-corrected chi connectivity index (χ0v) is 22.4. The Bertz CT molecular complexity index is 1460. The number of urea groups is 1. The van der Waals surface area contributed by atoms with Gasteiger partial charge in [-0.1, -0.05) is 40.9 Å². The lowest BCUT2D eigenvalue weighted by molar-refractivity contribution is -0.122. The van der Waals surface area contributed by atoms with Crippen LogP contribution < -0.4 is 20.3 Å². The van der Waals surface area contributed by atoms with Crippen LogP contribution in [0.15, 0.2) is 70.7 Å². The maximum Gasteiger partial charge on any atom is 0.335 e. The maximum absolute atomic E-state index is 13.0. The number of hydrogen-bond donors (Lipinski definition) is 2. The molecule has 0 radical (unpaired) electrons. The summed E-state index contributed by atoms with van der Waals surface area (Å²) < 4.78 is 6.03. The molecule has 3 aromatic rings. The largest absolute Gasteiger partial charge is 0.483 e. The minimum Gasteiger partial charge on any atom is -0.483 e. The van der Waals surface area contributed by atoms with Crippen molar-refractivity contribution >= 4 is 91.9 Å². The van der Waals surface area contributed by atoms with E-state index in [2.05, 4.69) is 26.6 Å². The fourth-order valence-electron chi connectivity index (χ4n) is 3.29. The minimum atomic E-state index is -0.862. The highest BCUT2D eigenvalue weighted by Gasteiger charge is 2.36. The van der Waals surface area contributed by atoms with E-state index >= 15 is 0 Å². The molecule has 0 unspecified atom stereocenters. The van der Waals surface area contributed by atoms with Crippen LogP contribution in [0.25, 0.3) is 6.08 Å². The summed E-state index contributed by atoms with van der Waals surface area (Å²) in [5, 5.41) is 5.91. The molecular formula is C25H15BrCl3N3O5. The van der Waals surface area contributed by atoms with Crippen LogP contribution >= 0.6 is 50.7 Å². The molecule has 188 valence electrons. The molecule has 1 fully saturated rings. The number of ether oxygens (including phenoxy) is 1. The topological polar surface area (TPSA) is 105 Å². The summed E-state index contributed by atoms with van der Waals surface area (Å²) in [6, 6.07) is 14.6. The summed E-state index contributed by atoms with van der Waals surface area (Å²) >= 11 is 21.1. The van der Waals surface area contributed by atoms with E-state index in [4.69, 9.17) is 39.5 Å². The number of rotatable bonds is 6. The molecule has 1 aliphatic heterocycles. The number of nitrogens with one attached hydrogen (secondary N) is 2.